The van der Waals surface area contributed by atoms with Crippen molar-refractivity contribution in [2.45, 2.75) is 32.7 Å². The van der Waals surface area contributed by atoms with Gasteiger partial charge in [-0.2, -0.15) is 0 Å². The zero-order chi connectivity index (χ0) is 18.1. The van der Waals surface area contributed by atoms with Crippen molar-refractivity contribution in [1.82, 2.24) is 19.7 Å². The maximum Gasteiger partial charge on any atom is 0.180 e. The van der Waals surface area contributed by atoms with Crippen LogP contribution in [0.25, 0.3) is 22.6 Å². The molecule has 1 saturated carbocycles. The van der Waals surface area contributed by atoms with Crippen molar-refractivity contribution in [2.75, 3.05) is 11.9 Å². The molecule has 0 saturated heterocycles. The van der Waals surface area contributed by atoms with E-state index in [0.29, 0.717) is 12.0 Å². The Balaban J connectivity index is 1.60. The van der Waals surface area contributed by atoms with Gasteiger partial charge in [-0.1, -0.05) is 44.7 Å². The van der Waals surface area contributed by atoms with E-state index in [1.54, 1.807) is 0 Å². The van der Waals surface area contributed by atoms with Crippen molar-refractivity contribution in [1.29, 1.82) is 0 Å². The SMILES string of the molecule is C=C(NC1CC1)c1ccc(-c2cnc3c(NCC(C)C)nccn23)cc1. The first kappa shape index (κ1) is 16.6. The molecular formula is C21H25N5. The van der Waals surface area contributed by atoms with Gasteiger partial charge in [-0.05, 0) is 24.3 Å². The molecule has 2 heterocycles. The van der Waals surface area contributed by atoms with E-state index in [9.17, 15) is 0 Å². The zero-order valence-electron chi connectivity index (χ0n) is 15.4. The molecular weight excluding hydrogens is 322 g/mol. The smallest absolute Gasteiger partial charge is 0.180 e. The van der Waals surface area contributed by atoms with E-state index in [2.05, 4.69) is 69.7 Å². The monoisotopic (exact) mass is 347 g/mol. The van der Waals surface area contributed by atoms with Gasteiger partial charge in [-0.25, -0.2) is 9.97 Å². The summed E-state index contributed by atoms with van der Waals surface area (Å²) in [5.74, 6) is 1.38. The Labute approximate surface area is 154 Å². The third kappa shape index (κ3) is 3.43. The molecule has 5 heteroatoms. The molecule has 0 atom stereocenters. The molecule has 4 rings (SSSR count). The van der Waals surface area contributed by atoms with E-state index in [1.165, 1.54) is 12.8 Å². The van der Waals surface area contributed by atoms with Gasteiger partial charge in [0, 0.05) is 36.2 Å². The van der Waals surface area contributed by atoms with Crippen LogP contribution >= 0.6 is 0 Å². The Morgan fingerprint density at radius 1 is 1.23 bits per heavy atom. The largest absolute Gasteiger partial charge is 0.382 e. The second kappa shape index (κ2) is 6.83. The number of imidazole rings is 1. The van der Waals surface area contributed by atoms with Gasteiger partial charge in [0.15, 0.2) is 11.5 Å². The number of benzene rings is 1. The summed E-state index contributed by atoms with van der Waals surface area (Å²) in [5, 5.41) is 6.84. The lowest BCUT2D eigenvalue weighted by Gasteiger charge is -2.10. The molecule has 1 aromatic carbocycles. The molecule has 134 valence electrons. The summed E-state index contributed by atoms with van der Waals surface area (Å²) in [7, 11) is 0. The Kier molecular flexibility index (Phi) is 4.37. The summed E-state index contributed by atoms with van der Waals surface area (Å²) in [6, 6.07) is 9.10. The van der Waals surface area contributed by atoms with Crippen LogP contribution in [0.1, 0.15) is 32.3 Å². The standard InChI is InChI=1S/C21H25N5/c1-14(2)12-23-20-21-24-13-19(26(21)11-10-22-20)17-6-4-16(5-7-17)15(3)25-18-8-9-18/h4-7,10-11,13-14,18,25H,3,8-9,12H2,1-2H3,(H,22,23). The maximum atomic E-state index is 4.59. The average molecular weight is 347 g/mol. The average Bonchev–Trinajstić information content (AvgIpc) is 3.35. The molecule has 2 N–H and O–H groups in total. The summed E-state index contributed by atoms with van der Waals surface area (Å²) in [6.07, 6.45) is 8.18. The molecule has 0 aliphatic heterocycles. The predicted molar refractivity (Wildman–Crippen MR) is 107 cm³/mol. The van der Waals surface area contributed by atoms with E-state index in [4.69, 9.17) is 0 Å². The highest BCUT2D eigenvalue weighted by molar-refractivity contribution is 5.72. The maximum absolute atomic E-state index is 4.59. The summed E-state index contributed by atoms with van der Waals surface area (Å²) < 4.78 is 2.09. The molecule has 1 aliphatic rings. The van der Waals surface area contributed by atoms with Crippen molar-refractivity contribution in [3.8, 4) is 11.3 Å². The second-order valence-electron chi connectivity index (χ2n) is 7.36. The van der Waals surface area contributed by atoms with Crippen molar-refractivity contribution < 1.29 is 0 Å². The molecule has 1 aliphatic carbocycles. The number of nitrogens with zero attached hydrogens (tertiary/aromatic N) is 3. The molecule has 3 aromatic rings. The molecule has 0 radical (unpaired) electrons. The van der Waals surface area contributed by atoms with Gasteiger partial charge in [-0.3, -0.25) is 4.40 Å². The van der Waals surface area contributed by atoms with Gasteiger partial charge in [0.1, 0.15) is 0 Å². The van der Waals surface area contributed by atoms with E-state index < -0.39 is 0 Å². The van der Waals surface area contributed by atoms with Crippen LogP contribution in [0.3, 0.4) is 0 Å². The lowest BCUT2D eigenvalue weighted by Crippen LogP contribution is -2.13. The van der Waals surface area contributed by atoms with Gasteiger partial charge in [0.25, 0.3) is 0 Å². The van der Waals surface area contributed by atoms with Crippen LogP contribution in [0, 0.1) is 5.92 Å². The van der Waals surface area contributed by atoms with Gasteiger partial charge in [0.05, 0.1) is 11.9 Å². The minimum absolute atomic E-state index is 0.552. The number of hydrogen-bond donors (Lipinski definition) is 2. The quantitative estimate of drug-likeness (QED) is 0.673. The fourth-order valence-corrected chi connectivity index (χ4v) is 2.96. The second-order valence-corrected chi connectivity index (χ2v) is 7.36. The van der Waals surface area contributed by atoms with Crippen LogP contribution < -0.4 is 10.6 Å². The first-order valence-corrected chi connectivity index (χ1v) is 9.24. The summed E-state index contributed by atoms with van der Waals surface area (Å²) >= 11 is 0. The van der Waals surface area contributed by atoms with Gasteiger partial charge in [0.2, 0.25) is 0 Å². The number of hydrogen-bond acceptors (Lipinski definition) is 4. The Morgan fingerprint density at radius 3 is 2.69 bits per heavy atom. The molecule has 0 amide bonds. The van der Waals surface area contributed by atoms with Crippen molar-refractivity contribution >= 4 is 17.2 Å². The Morgan fingerprint density at radius 2 is 2.00 bits per heavy atom. The normalized spacial score (nSPS) is 14.0. The van der Waals surface area contributed by atoms with Crippen molar-refractivity contribution in [2.24, 2.45) is 5.92 Å². The van der Waals surface area contributed by atoms with Gasteiger partial charge < -0.3 is 10.6 Å². The minimum Gasteiger partial charge on any atom is -0.382 e. The third-order valence-electron chi connectivity index (χ3n) is 4.59. The van der Waals surface area contributed by atoms with Gasteiger partial charge >= 0.3 is 0 Å². The summed E-state index contributed by atoms with van der Waals surface area (Å²) in [5.41, 5.74) is 5.17. The van der Waals surface area contributed by atoms with Gasteiger partial charge in [-0.15, -0.1) is 0 Å². The highest BCUT2D eigenvalue weighted by atomic mass is 15.1. The highest BCUT2D eigenvalue weighted by Crippen LogP contribution is 2.26. The molecule has 0 bridgehead atoms. The van der Waals surface area contributed by atoms with Crippen LogP contribution in [-0.4, -0.2) is 27.0 Å². The fourth-order valence-electron chi connectivity index (χ4n) is 2.96. The van der Waals surface area contributed by atoms with Crippen LogP contribution in [0.2, 0.25) is 0 Å². The van der Waals surface area contributed by atoms with E-state index in [-0.39, 0.29) is 0 Å². The minimum atomic E-state index is 0.552. The topological polar surface area (TPSA) is 54.2 Å². The zero-order valence-corrected chi connectivity index (χ0v) is 15.4. The fraction of sp³-hybridized carbons (Fsp3) is 0.333. The first-order valence-electron chi connectivity index (χ1n) is 9.24. The highest BCUT2D eigenvalue weighted by Gasteiger charge is 2.21. The molecule has 0 spiro atoms. The Bertz CT molecular complexity index is 919. The molecule has 2 aromatic heterocycles. The van der Waals surface area contributed by atoms with Crippen molar-refractivity contribution in [3.63, 3.8) is 0 Å². The van der Waals surface area contributed by atoms with E-state index in [0.717, 1.165) is 40.5 Å². The van der Waals surface area contributed by atoms with Crippen LogP contribution in [0.15, 0.2) is 49.4 Å². The molecule has 26 heavy (non-hydrogen) atoms. The first-order chi connectivity index (χ1) is 12.6. The van der Waals surface area contributed by atoms with Crippen molar-refractivity contribution in [3.05, 3.63) is 55.0 Å². The number of aromatic nitrogens is 3. The molecule has 1 fully saturated rings. The number of fused-ring (bicyclic) bond motifs is 1. The summed E-state index contributed by atoms with van der Waals surface area (Å²) in [4.78, 5) is 9.03. The Hall–Kier alpha value is -2.82. The van der Waals surface area contributed by atoms with E-state index in [1.807, 2.05) is 18.6 Å². The van der Waals surface area contributed by atoms with Crippen LogP contribution in [0.4, 0.5) is 5.82 Å². The predicted octanol–water partition coefficient (Wildman–Crippen LogP) is 4.19. The summed E-state index contributed by atoms with van der Waals surface area (Å²) in [6.45, 7) is 9.38. The number of nitrogens with one attached hydrogen (secondary N) is 2. The molecule has 0 unspecified atom stereocenters. The van der Waals surface area contributed by atoms with E-state index >= 15 is 0 Å². The van der Waals surface area contributed by atoms with Crippen LogP contribution in [-0.2, 0) is 0 Å². The van der Waals surface area contributed by atoms with Crippen LogP contribution in [0.5, 0.6) is 0 Å². The molecule has 5 nitrogen and oxygen atoms in total. The lowest BCUT2D eigenvalue weighted by atomic mass is 10.1. The number of anilines is 1. The lowest BCUT2D eigenvalue weighted by molar-refractivity contribution is 0.687. The number of rotatable bonds is 7. The third-order valence-corrected chi connectivity index (χ3v) is 4.59.